The molecule has 18 heavy (non-hydrogen) atoms. The molecule has 0 bridgehead atoms. The molecule has 0 aliphatic heterocycles. The van der Waals surface area contributed by atoms with Crippen LogP contribution in [0.2, 0.25) is 0 Å². The first-order valence-corrected chi connectivity index (χ1v) is 7.21. The van der Waals surface area contributed by atoms with Crippen LogP contribution in [0.1, 0.15) is 65.2 Å². The van der Waals surface area contributed by atoms with Crippen LogP contribution < -0.4 is 11.1 Å². The second-order valence-corrected chi connectivity index (χ2v) is 5.81. The van der Waals surface area contributed by atoms with Gasteiger partial charge in [-0.2, -0.15) is 0 Å². The quantitative estimate of drug-likeness (QED) is 0.677. The molecule has 1 fully saturated rings. The van der Waals surface area contributed by atoms with Crippen LogP contribution in [0.25, 0.3) is 0 Å². The number of amides is 1. The summed E-state index contributed by atoms with van der Waals surface area (Å²) in [6, 6.07) is 0. The fourth-order valence-electron chi connectivity index (χ4n) is 2.58. The minimum atomic E-state index is -0.774. The monoisotopic (exact) mass is 256 g/mol. The van der Waals surface area contributed by atoms with E-state index in [9.17, 15) is 9.90 Å². The standard InChI is InChI=1S/C14H28N2O2/c1-3-14(18,4-2)11-16-12(17)10-13(15)8-6-5-7-9-13/h18H,3-11,15H2,1-2H3,(H,16,17). The van der Waals surface area contributed by atoms with Crippen molar-refractivity contribution in [1.29, 1.82) is 0 Å². The molecule has 1 saturated carbocycles. The normalized spacial score (nSPS) is 19.6. The van der Waals surface area contributed by atoms with Gasteiger partial charge in [-0.05, 0) is 25.7 Å². The van der Waals surface area contributed by atoms with Crippen molar-refractivity contribution in [2.75, 3.05) is 6.54 Å². The van der Waals surface area contributed by atoms with E-state index >= 15 is 0 Å². The zero-order valence-electron chi connectivity index (χ0n) is 11.8. The first-order chi connectivity index (χ1) is 8.43. The van der Waals surface area contributed by atoms with Crippen molar-refractivity contribution in [3.05, 3.63) is 0 Å². The van der Waals surface area contributed by atoms with Crippen LogP contribution in [0.3, 0.4) is 0 Å². The van der Waals surface area contributed by atoms with Crippen molar-refractivity contribution >= 4 is 5.91 Å². The lowest BCUT2D eigenvalue weighted by molar-refractivity contribution is -0.123. The maximum absolute atomic E-state index is 11.9. The van der Waals surface area contributed by atoms with Gasteiger partial charge in [-0.3, -0.25) is 4.79 Å². The average Bonchev–Trinajstić information content (AvgIpc) is 2.36. The van der Waals surface area contributed by atoms with E-state index < -0.39 is 5.60 Å². The molecule has 0 radical (unpaired) electrons. The Morgan fingerprint density at radius 2 is 1.83 bits per heavy atom. The highest BCUT2D eigenvalue weighted by Gasteiger charge is 2.31. The predicted octanol–water partition coefficient (Wildman–Crippen LogP) is 1.71. The third kappa shape index (κ3) is 4.58. The second-order valence-electron chi connectivity index (χ2n) is 5.81. The van der Waals surface area contributed by atoms with E-state index in [1.165, 1.54) is 6.42 Å². The number of nitrogens with one attached hydrogen (secondary N) is 1. The molecule has 0 spiro atoms. The number of rotatable bonds is 6. The van der Waals surface area contributed by atoms with Crippen molar-refractivity contribution in [2.24, 2.45) is 5.73 Å². The molecule has 0 unspecified atom stereocenters. The topological polar surface area (TPSA) is 75.3 Å². The van der Waals surface area contributed by atoms with Gasteiger partial charge in [-0.15, -0.1) is 0 Å². The van der Waals surface area contributed by atoms with Gasteiger partial charge in [-0.25, -0.2) is 0 Å². The van der Waals surface area contributed by atoms with Crippen molar-refractivity contribution in [3.8, 4) is 0 Å². The Balaban J connectivity index is 2.37. The van der Waals surface area contributed by atoms with E-state index in [1.54, 1.807) is 0 Å². The summed E-state index contributed by atoms with van der Waals surface area (Å²) >= 11 is 0. The Labute approximate surface area is 110 Å². The van der Waals surface area contributed by atoms with Gasteiger partial charge in [0, 0.05) is 18.5 Å². The summed E-state index contributed by atoms with van der Waals surface area (Å²) in [6.07, 6.45) is 7.03. The summed E-state index contributed by atoms with van der Waals surface area (Å²) in [4.78, 5) is 11.9. The van der Waals surface area contributed by atoms with Crippen molar-refractivity contribution in [1.82, 2.24) is 5.32 Å². The van der Waals surface area contributed by atoms with E-state index in [0.717, 1.165) is 25.7 Å². The minimum Gasteiger partial charge on any atom is -0.388 e. The van der Waals surface area contributed by atoms with E-state index in [4.69, 9.17) is 5.73 Å². The van der Waals surface area contributed by atoms with Crippen LogP contribution in [0.5, 0.6) is 0 Å². The molecule has 4 heteroatoms. The van der Waals surface area contributed by atoms with E-state index in [0.29, 0.717) is 25.8 Å². The van der Waals surface area contributed by atoms with Gasteiger partial charge in [0.15, 0.2) is 0 Å². The van der Waals surface area contributed by atoms with Gasteiger partial charge in [0.25, 0.3) is 0 Å². The molecule has 0 aromatic heterocycles. The minimum absolute atomic E-state index is 0.0280. The lowest BCUT2D eigenvalue weighted by Crippen LogP contribution is -2.48. The van der Waals surface area contributed by atoms with Crippen LogP contribution in [-0.2, 0) is 4.79 Å². The fourth-order valence-corrected chi connectivity index (χ4v) is 2.58. The molecular formula is C14H28N2O2. The SMILES string of the molecule is CCC(O)(CC)CNC(=O)CC1(N)CCCCC1. The first-order valence-electron chi connectivity index (χ1n) is 7.21. The summed E-state index contributed by atoms with van der Waals surface area (Å²) in [5.74, 6) is -0.0280. The number of aliphatic hydroxyl groups is 1. The van der Waals surface area contributed by atoms with E-state index in [-0.39, 0.29) is 11.4 Å². The predicted molar refractivity (Wildman–Crippen MR) is 73.2 cm³/mol. The van der Waals surface area contributed by atoms with Crippen LogP contribution in [-0.4, -0.2) is 28.7 Å². The maximum Gasteiger partial charge on any atom is 0.221 e. The van der Waals surface area contributed by atoms with Gasteiger partial charge in [0.1, 0.15) is 0 Å². The third-order valence-corrected chi connectivity index (χ3v) is 4.29. The van der Waals surface area contributed by atoms with Crippen LogP contribution >= 0.6 is 0 Å². The smallest absolute Gasteiger partial charge is 0.221 e. The molecule has 1 aliphatic carbocycles. The van der Waals surface area contributed by atoms with Crippen LogP contribution in [0.15, 0.2) is 0 Å². The number of nitrogens with two attached hydrogens (primary N) is 1. The summed E-state index contributed by atoms with van der Waals surface area (Å²) < 4.78 is 0. The lowest BCUT2D eigenvalue weighted by atomic mass is 9.80. The molecular weight excluding hydrogens is 228 g/mol. The Hall–Kier alpha value is -0.610. The number of carbonyl (C=O) groups is 1. The molecule has 106 valence electrons. The molecule has 0 aromatic carbocycles. The Morgan fingerprint density at radius 1 is 1.28 bits per heavy atom. The highest BCUT2D eigenvalue weighted by molar-refractivity contribution is 5.77. The first kappa shape index (κ1) is 15.4. The summed E-state index contributed by atoms with van der Waals surface area (Å²) in [5, 5.41) is 12.9. The molecule has 0 atom stereocenters. The summed E-state index contributed by atoms with van der Waals surface area (Å²) in [6.45, 7) is 4.19. The fraction of sp³-hybridized carbons (Fsp3) is 0.929. The maximum atomic E-state index is 11.9. The Kier molecular flexibility index (Phi) is 5.60. The van der Waals surface area contributed by atoms with Gasteiger partial charge in [0.2, 0.25) is 5.91 Å². The van der Waals surface area contributed by atoms with Gasteiger partial charge < -0.3 is 16.2 Å². The number of carbonyl (C=O) groups excluding carboxylic acids is 1. The molecule has 1 rings (SSSR count). The molecule has 4 N–H and O–H groups in total. The highest BCUT2D eigenvalue weighted by atomic mass is 16.3. The van der Waals surface area contributed by atoms with Crippen molar-refractivity contribution in [2.45, 2.75) is 76.4 Å². The van der Waals surface area contributed by atoms with E-state index in [2.05, 4.69) is 5.32 Å². The van der Waals surface area contributed by atoms with Crippen molar-refractivity contribution in [3.63, 3.8) is 0 Å². The molecule has 0 saturated heterocycles. The molecule has 0 heterocycles. The van der Waals surface area contributed by atoms with Crippen LogP contribution in [0, 0.1) is 0 Å². The zero-order valence-corrected chi connectivity index (χ0v) is 11.8. The van der Waals surface area contributed by atoms with Gasteiger partial charge >= 0.3 is 0 Å². The Bertz CT molecular complexity index is 269. The third-order valence-electron chi connectivity index (χ3n) is 4.29. The van der Waals surface area contributed by atoms with Crippen molar-refractivity contribution < 1.29 is 9.90 Å². The second kappa shape index (κ2) is 6.53. The number of hydrogen-bond acceptors (Lipinski definition) is 3. The lowest BCUT2D eigenvalue weighted by Gasteiger charge is -2.33. The summed E-state index contributed by atoms with van der Waals surface area (Å²) in [7, 11) is 0. The van der Waals surface area contributed by atoms with Crippen LogP contribution in [0.4, 0.5) is 0 Å². The average molecular weight is 256 g/mol. The molecule has 4 nitrogen and oxygen atoms in total. The highest BCUT2D eigenvalue weighted by Crippen LogP contribution is 2.28. The van der Waals surface area contributed by atoms with Gasteiger partial charge in [-0.1, -0.05) is 33.1 Å². The Morgan fingerprint density at radius 3 is 2.33 bits per heavy atom. The van der Waals surface area contributed by atoms with Gasteiger partial charge in [0.05, 0.1) is 5.60 Å². The number of hydrogen-bond donors (Lipinski definition) is 3. The summed E-state index contributed by atoms with van der Waals surface area (Å²) in [5.41, 5.74) is 5.15. The zero-order chi connectivity index (χ0) is 13.6. The largest absolute Gasteiger partial charge is 0.388 e. The molecule has 0 aromatic rings. The molecule has 1 aliphatic rings. The van der Waals surface area contributed by atoms with E-state index in [1.807, 2.05) is 13.8 Å². The molecule has 1 amide bonds.